The molecule has 2 aromatic heterocycles. The first-order valence-corrected chi connectivity index (χ1v) is 7.13. The van der Waals surface area contributed by atoms with Crippen molar-refractivity contribution in [2.45, 2.75) is 32.3 Å². The Morgan fingerprint density at radius 3 is 3.06 bits per heavy atom. The van der Waals surface area contributed by atoms with Crippen molar-refractivity contribution in [1.29, 1.82) is 0 Å². The van der Waals surface area contributed by atoms with Crippen molar-refractivity contribution in [3.63, 3.8) is 0 Å². The zero-order valence-corrected chi connectivity index (χ0v) is 11.5. The van der Waals surface area contributed by atoms with Crippen LogP contribution in [0.5, 0.6) is 0 Å². The van der Waals surface area contributed by atoms with E-state index in [4.69, 9.17) is 0 Å². The maximum absolute atomic E-state index is 9.52. The first-order valence-electron chi connectivity index (χ1n) is 6.31. The fourth-order valence-corrected chi connectivity index (χ4v) is 3.91. The van der Waals surface area contributed by atoms with Crippen molar-refractivity contribution in [1.82, 2.24) is 9.97 Å². The number of anilines is 1. The van der Waals surface area contributed by atoms with Gasteiger partial charge in [-0.2, -0.15) is 0 Å². The largest absolute Gasteiger partial charge is 0.392 e. The van der Waals surface area contributed by atoms with Gasteiger partial charge < -0.3 is 10.0 Å². The molecule has 3 rings (SSSR count). The second-order valence-corrected chi connectivity index (χ2v) is 6.05. The van der Waals surface area contributed by atoms with Gasteiger partial charge in [-0.25, -0.2) is 9.97 Å². The highest BCUT2D eigenvalue weighted by molar-refractivity contribution is 7.19. The Hall–Kier alpha value is -1.20. The predicted molar refractivity (Wildman–Crippen MR) is 74.4 cm³/mol. The van der Waals surface area contributed by atoms with Crippen molar-refractivity contribution >= 4 is 27.4 Å². The number of aromatic nitrogens is 2. The maximum Gasteiger partial charge on any atom is 0.140 e. The highest BCUT2D eigenvalue weighted by Gasteiger charge is 2.22. The summed E-state index contributed by atoms with van der Waals surface area (Å²) < 4.78 is 0. The van der Waals surface area contributed by atoms with Crippen molar-refractivity contribution in [3.8, 4) is 0 Å². The molecule has 5 heteroatoms. The number of aliphatic hydroxyl groups excluding tert-OH is 1. The first kappa shape index (κ1) is 11.9. The van der Waals surface area contributed by atoms with Gasteiger partial charge >= 0.3 is 0 Å². The summed E-state index contributed by atoms with van der Waals surface area (Å²) >= 11 is 1.80. The molecule has 2 heterocycles. The van der Waals surface area contributed by atoms with Crippen LogP contribution >= 0.6 is 11.3 Å². The highest BCUT2D eigenvalue weighted by Crippen LogP contribution is 2.39. The smallest absolute Gasteiger partial charge is 0.140 e. The van der Waals surface area contributed by atoms with Crippen molar-refractivity contribution < 1.29 is 5.11 Å². The second-order valence-electron chi connectivity index (χ2n) is 4.96. The number of nitrogens with zero attached hydrogens (tertiary/aromatic N) is 3. The quantitative estimate of drug-likeness (QED) is 0.920. The normalized spacial score (nSPS) is 15.9. The average Bonchev–Trinajstić information content (AvgIpc) is 2.86. The fraction of sp³-hybridized carbons (Fsp3) is 0.538. The van der Waals surface area contributed by atoms with Crippen LogP contribution in [0.3, 0.4) is 0 Å². The third kappa shape index (κ3) is 1.87. The van der Waals surface area contributed by atoms with Gasteiger partial charge in [0.05, 0.1) is 11.5 Å². The molecule has 0 bridgehead atoms. The van der Waals surface area contributed by atoms with E-state index >= 15 is 0 Å². The lowest BCUT2D eigenvalue weighted by Crippen LogP contribution is -2.27. The molecule has 1 atom stereocenters. The summed E-state index contributed by atoms with van der Waals surface area (Å²) in [5, 5.41) is 10.7. The molecule has 0 saturated heterocycles. The minimum Gasteiger partial charge on any atom is -0.392 e. The molecule has 1 aliphatic rings. The summed E-state index contributed by atoms with van der Waals surface area (Å²) in [6, 6.07) is 0. The number of aliphatic hydroxyl groups is 1. The van der Waals surface area contributed by atoms with Crippen LogP contribution in [0.4, 0.5) is 5.82 Å². The molecular weight excluding hydrogens is 246 g/mol. The molecule has 4 nitrogen and oxygen atoms in total. The predicted octanol–water partition coefficient (Wildman–Crippen LogP) is 2.00. The van der Waals surface area contributed by atoms with Crippen LogP contribution in [0.25, 0.3) is 10.2 Å². The lowest BCUT2D eigenvalue weighted by atomic mass is 10.2. The zero-order chi connectivity index (χ0) is 12.7. The molecule has 0 fully saturated rings. The van der Waals surface area contributed by atoms with Gasteiger partial charge in [-0.15, -0.1) is 11.3 Å². The number of fused-ring (bicyclic) bond motifs is 3. The third-order valence-electron chi connectivity index (χ3n) is 3.38. The van der Waals surface area contributed by atoms with Gasteiger partial charge in [-0.1, -0.05) is 0 Å². The van der Waals surface area contributed by atoms with Crippen molar-refractivity contribution in [2.24, 2.45) is 0 Å². The summed E-state index contributed by atoms with van der Waals surface area (Å²) in [7, 11) is 1.98. The van der Waals surface area contributed by atoms with E-state index < -0.39 is 0 Å². The Labute approximate surface area is 110 Å². The van der Waals surface area contributed by atoms with Crippen LogP contribution in [0, 0.1) is 0 Å². The molecule has 0 spiro atoms. The topological polar surface area (TPSA) is 49.2 Å². The van der Waals surface area contributed by atoms with Crippen LogP contribution < -0.4 is 4.90 Å². The molecular formula is C13H17N3OS. The van der Waals surface area contributed by atoms with Gasteiger partial charge in [0, 0.05) is 18.5 Å². The van der Waals surface area contributed by atoms with E-state index in [2.05, 4.69) is 9.97 Å². The van der Waals surface area contributed by atoms with E-state index in [-0.39, 0.29) is 6.10 Å². The number of hydrogen-bond donors (Lipinski definition) is 1. The maximum atomic E-state index is 9.52. The molecule has 2 aromatic rings. The van der Waals surface area contributed by atoms with Gasteiger partial charge in [-0.3, -0.25) is 0 Å². The highest BCUT2D eigenvalue weighted by atomic mass is 32.1. The molecule has 0 aliphatic heterocycles. The van der Waals surface area contributed by atoms with Crippen LogP contribution in [0.15, 0.2) is 6.33 Å². The van der Waals surface area contributed by atoms with Crippen molar-refractivity contribution in [2.75, 3.05) is 18.5 Å². The lowest BCUT2D eigenvalue weighted by Gasteiger charge is -2.20. The summed E-state index contributed by atoms with van der Waals surface area (Å²) in [6.07, 6.45) is 4.83. The molecule has 1 aliphatic carbocycles. The lowest BCUT2D eigenvalue weighted by molar-refractivity contribution is 0.201. The Kier molecular flexibility index (Phi) is 2.95. The Bertz CT molecular complexity index is 579. The minimum atomic E-state index is -0.355. The molecule has 0 amide bonds. The Morgan fingerprint density at radius 2 is 2.28 bits per heavy atom. The van der Waals surface area contributed by atoms with Gasteiger partial charge in [-0.05, 0) is 31.7 Å². The zero-order valence-electron chi connectivity index (χ0n) is 10.7. The molecule has 0 saturated carbocycles. The molecule has 18 heavy (non-hydrogen) atoms. The summed E-state index contributed by atoms with van der Waals surface area (Å²) in [5.41, 5.74) is 1.43. The number of thiophene rings is 1. The average molecular weight is 263 g/mol. The third-order valence-corrected chi connectivity index (χ3v) is 4.58. The second kappa shape index (κ2) is 4.48. The molecule has 1 N–H and O–H groups in total. The molecule has 1 unspecified atom stereocenters. The van der Waals surface area contributed by atoms with Crippen LogP contribution in [0.2, 0.25) is 0 Å². The van der Waals surface area contributed by atoms with E-state index in [0.717, 1.165) is 17.1 Å². The summed E-state index contributed by atoms with van der Waals surface area (Å²) in [6.45, 7) is 2.39. The van der Waals surface area contributed by atoms with Crippen molar-refractivity contribution in [3.05, 3.63) is 16.8 Å². The van der Waals surface area contributed by atoms with Gasteiger partial charge in [0.2, 0.25) is 0 Å². The summed E-state index contributed by atoms with van der Waals surface area (Å²) in [5.74, 6) is 0.959. The molecule has 96 valence electrons. The number of likely N-dealkylation sites (N-methyl/N-ethyl adjacent to an activating group) is 1. The monoisotopic (exact) mass is 263 g/mol. The van der Waals surface area contributed by atoms with E-state index in [9.17, 15) is 5.11 Å². The number of hydrogen-bond acceptors (Lipinski definition) is 5. The first-order chi connectivity index (χ1) is 8.66. The molecule has 0 radical (unpaired) electrons. The van der Waals surface area contributed by atoms with E-state index in [1.165, 1.54) is 28.7 Å². The van der Waals surface area contributed by atoms with Crippen LogP contribution in [-0.2, 0) is 12.8 Å². The van der Waals surface area contributed by atoms with Gasteiger partial charge in [0.15, 0.2) is 0 Å². The fourth-order valence-electron chi connectivity index (χ4n) is 2.68. The van der Waals surface area contributed by atoms with Gasteiger partial charge in [0.1, 0.15) is 17.0 Å². The van der Waals surface area contributed by atoms with Crippen LogP contribution in [-0.4, -0.2) is 34.8 Å². The SMILES string of the molecule is CC(O)CN(C)c1ncnc2sc3c(c12)CCC3. The Morgan fingerprint density at radius 1 is 1.44 bits per heavy atom. The Balaban J connectivity index is 2.11. The summed E-state index contributed by atoms with van der Waals surface area (Å²) in [4.78, 5) is 13.4. The number of rotatable bonds is 3. The molecule has 0 aromatic carbocycles. The van der Waals surface area contributed by atoms with Gasteiger partial charge in [0.25, 0.3) is 0 Å². The van der Waals surface area contributed by atoms with E-state index in [1.54, 1.807) is 24.6 Å². The van der Waals surface area contributed by atoms with E-state index in [0.29, 0.717) is 6.54 Å². The van der Waals surface area contributed by atoms with E-state index in [1.807, 2.05) is 11.9 Å². The minimum absolute atomic E-state index is 0.355. The standard InChI is InChI=1S/C13H17N3OS/c1-8(17)6-16(2)12-11-9-4-3-5-10(9)18-13(11)15-7-14-12/h7-8,17H,3-6H2,1-2H3. The number of aryl methyl sites for hydroxylation is 2. The van der Waals surface area contributed by atoms with Crippen LogP contribution in [0.1, 0.15) is 23.8 Å².